The summed E-state index contributed by atoms with van der Waals surface area (Å²) >= 11 is 0. The molecule has 142 valence electrons. The van der Waals surface area contributed by atoms with Crippen molar-refractivity contribution < 1.29 is 19.5 Å². The minimum absolute atomic E-state index is 0.0365. The monoisotopic (exact) mass is 368 g/mol. The van der Waals surface area contributed by atoms with Crippen molar-refractivity contribution in [3.63, 3.8) is 0 Å². The number of benzene rings is 2. The molecule has 6 nitrogen and oxygen atoms in total. The largest absolute Gasteiger partial charge is 0.481 e. The topological polar surface area (TPSA) is 95.5 Å². The fourth-order valence-electron chi connectivity index (χ4n) is 2.36. The van der Waals surface area contributed by atoms with Gasteiger partial charge < -0.3 is 15.7 Å². The summed E-state index contributed by atoms with van der Waals surface area (Å²) in [6, 6.07) is 13.7. The van der Waals surface area contributed by atoms with Crippen molar-refractivity contribution in [1.82, 2.24) is 5.32 Å². The van der Waals surface area contributed by atoms with Crippen LogP contribution in [0.4, 0.5) is 5.69 Å². The Balaban J connectivity index is 1.97. The highest BCUT2D eigenvalue weighted by atomic mass is 16.4. The molecule has 0 radical (unpaired) electrons. The number of anilines is 1. The molecule has 2 amide bonds. The van der Waals surface area contributed by atoms with Gasteiger partial charge in [-0.25, -0.2) is 0 Å². The van der Waals surface area contributed by atoms with Gasteiger partial charge in [-0.05, 0) is 35.4 Å². The number of amides is 2. The van der Waals surface area contributed by atoms with Crippen LogP contribution in [-0.2, 0) is 22.6 Å². The molecule has 2 rings (SSSR count). The molecule has 0 bridgehead atoms. The standard InChI is InChI=1S/C21H24N2O4/c1-21(2,3)20(27)22-13-14-7-9-16(10-8-14)19(26)23-17-6-4-5-15(11-17)12-18(24)25/h4-11H,12-13H2,1-3H3,(H,22,27)(H,23,26)(H,24,25). The Hall–Kier alpha value is -3.15. The number of hydrogen-bond acceptors (Lipinski definition) is 3. The number of carbonyl (C=O) groups is 3. The minimum Gasteiger partial charge on any atom is -0.481 e. The van der Waals surface area contributed by atoms with Gasteiger partial charge in [0.1, 0.15) is 0 Å². The molecule has 2 aromatic carbocycles. The van der Waals surface area contributed by atoms with Gasteiger partial charge in [-0.2, -0.15) is 0 Å². The SMILES string of the molecule is CC(C)(C)C(=O)NCc1ccc(C(=O)Nc2cccc(CC(=O)O)c2)cc1. The van der Waals surface area contributed by atoms with Gasteiger partial charge in [0.15, 0.2) is 0 Å². The molecule has 0 atom stereocenters. The second-order valence-corrected chi connectivity index (χ2v) is 7.35. The first-order valence-electron chi connectivity index (χ1n) is 8.64. The van der Waals surface area contributed by atoms with E-state index in [1.807, 2.05) is 20.8 Å². The van der Waals surface area contributed by atoms with E-state index in [0.717, 1.165) is 5.56 Å². The average Bonchev–Trinajstić information content (AvgIpc) is 2.59. The molecule has 0 unspecified atom stereocenters. The van der Waals surface area contributed by atoms with Gasteiger partial charge in [-0.1, -0.05) is 45.0 Å². The van der Waals surface area contributed by atoms with Gasteiger partial charge in [0, 0.05) is 23.2 Å². The normalized spacial score (nSPS) is 10.9. The summed E-state index contributed by atoms with van der Waals surface area (Å²) < 4.78 is 0. The maximum absolute atomic E-state index is 12.4. The maximum atomic E-state index is 12.4. The zero-order valence-electron chi connectivity index (χ0n) is 15.7. The van der Waals surface area contributed by atoms with Crippen molar-refractivity contribution in [2.24, 2.45) is 5.41 Å². The summed E-state index contributed by atoms with van der Waals surface area (Å²) in [5.74, 6) is -1.24. The summed E-state index contributed by atoms with van der Waals surface area (Å²) in [5, 5.41) is 14.5. The Bertz CT molecular complexity index is 836. The van der Waals surface area contributed by atoms with E-state index in [0.29, 0.717) is 23.4 Å². The molecule has 6 heteroatoms. The van der Waals surface area contributed by atoms with Gasteiger partial charge >= 0.3 is 5.97 Å². The summed E-state index contributed by atoms with van der Waals surface area (Å²) in [7, 11) is 0. The molecule has 0 fully saturated rings. The number of aliphatic carboxylic acids is 1. The molecule has 0 aliphatic heterocycles. The van der Waals surface area contributed by atoms with Crippen molar-refractivity contribution in [1.29, 1.82) is 0 Å². The van der Waals surface area contributed by atoms with Crippen LogP contribution in [0.1, 0.15) is 42.3 Å². The van der Waals surface area contributed by atoms with Crippen LogP contribution in [-0.4, -0.2) is 22.9 Å². The Kier molecular flexibility index (Phi) is 6.34. The molecule has 0 heterocycles. The van der Waals surface area contributed by atoms with Crippen LogP contribution in [0.15, 0.2) is 48.5 Å². The van der Waals surface area contributed by atoms with E-state index in [1.165, 1.54) is 0 Å². The number of rotatable bonds is 6. The van der Waals surface area contributed by atoms with Crippen LogP contribution in [0.3, 0.4) is 0 Å². The lowest BCUT2D eigenvalue weighted by molar-refractivity contribution is -0.136. The fraction of sp³-hybridized carbons (Fsp3) is 0.286. The Morgan fingerprint density at radius 1 is 0.963 bits per heavy atom. The zero-order valence-corrected chi connectivity index (χ0v) is 15.7. The second kappa shape index (κ2) is 8.49. The summed E-state index contributed by atoms with van der Waals surface area (Å²) in [5.41, 5.74) is 2.08. The van der Waals surface area contributed by atoms with Crippen molar-refractivity contribution in [2.45, 2.75) is 33.7 Å². The molecule has 0 aliphatic carbocycles. The van der Waals surface area contributed by atoms with Crippen molar-refractivity contribution in [3.05, 3.63) is 65.2 Å². The predicted molar refractivity (Wildman–Crippen MR) is 103 cm³/mol. The second-order valence-electron chi connectivity index (χ2n) is 7.35. The predicted octanol–water partition coefficient (Wildman–Crippen LogP) is 3.23. The van der Waals surface area contributed by atoms with Crippen LogP contribution in [0.2, 0.25) is 0 Å². The highest BCUT2D eigenvalue weighted by Gasteiger charge is 2.20. The van der Waals surface area contributed by atoms with E-state index < -0.39 is 11.4 Å². The lowest BCUT2D eigenvalue weighted by Gasteiger charge is -2.17. The summed E-state index contributed by atoms with van der Waals surface area (Å²) in [6.45, 7) is 5.94. The van der Waals surface area contributed by atoms with Gasteiger partial charge in [-0.3, -0.25) is 14.4 Å². The molecule has 0 aromatic heterocycles. The first-order chi connectivity index (χ1) is 12.6. The molecular weight excluding hydrogens is 344 g/mol. The van der Waals surface area contributed by atoms with Gasteiger partial charge in [-0.15, -0.1) is 0 Å². The van der Waals surface area contributed by atoms with E-state index in [-0.39, 0.29) is 18.2 Å². The van der Waals surface area contributed by atoms with E-state index in [4.69, 9.17) is 5.11 Å². The molecule has 0 saturated carbocycles. The van der Waals surface area contributed by atoms with Crippen LogP contribution >= 0.6 is 0 Å². The third-order valence-corrected chi connectivity index (χ3v) is 3.89. The maximum Gasteiger partial charge on any atom is 0.307 e. The Labute approximate surface area is 158 Å². The molecule has 0 saturated heterocycles. The number of carboxylic acids is 1. The van der Waals surface area contributed by atoms with Crippen LogP contribution in [0, 0.1) is 5.41 Å². The summed E-state index contributed by atoms with van der Waals surface area (Å²) in [4.78, 5) is 35.1. The van der Waals surface area contributed by atoms with Crippen LogP contribution in [0.5, 0.6) is 0 Å². The molecule has 0 aliphatic rings. The van der Waals surface area contributed by atoms with E-state index >= 15 is 0 Å². The van der Waals surface area contributed by atoms with Crippen LogP contribution in [0.25, 0.3) is 0 Å². The first-order valence-corrected chi connectivity index (χ1v) is 8.64. The van der Waals surface area contributed by atoms with Crippen molar-refractivity contribution >= 4 is 23.5 Å². The molecule has 2 aromatic rings. The van der Waals surface area contributed by atoms with Crippen molar-refractivity contribution in [2.75, 3.05) is 5.32 Å². The number of hydrogen-bond donors (Lipinski definition) is 3. The summed E-state index contributed by atoms with van der Waals surface area (Å²) in [6.07, 6.45) is -0.0985. The number of nitrogens with one attached hydrogen (secondary N) is 2. The molecule has 3 N–H and O–H groups in total. The highest BCUT2D eigenvalue weighted by Crippen LogP contribution is 2.15. The van der Waals surface area contributed by atoms with Gasteiger partial charge in [0.05, 0.1) is 6.42 Å². The minimum atomic E-state index is -0.924. The average molecular weight is 368 g/mol. The molecular formula is C21H24N2O4. The van der Waals surface area contributed by atoms with Gasteiger partial charge in [0.2, 0.25) is 5.91 Å². The molecule has 0 spiro atoms. The van der Waals surface area contributed by atoms with E-state index in [1.54, 1.807) is 48.5 Å². The third-order valence-electron chi connectivity index (χ3n) is 3.89. The third kappa shape index (κ3) is 6.26. The Morgan fingerprint density at radius 2 is 1.63 bits per heavy atom. The molecule has 27 heavy (non-hydrogen) atoms. The number of carbonyl (C=O) groups excluding carboxylic acids is 2. The van der Waals surface area contributed by atoms with E-state index in [2.05, 4.69) is 10.6 Å². The van der Waals surface area contributed by atoms with Gasteiger partial charge in [0.25, 0.3) is 5.91 Å². The van der Waals surface area contributed by atoms with E-state index in [9.17, 15) is 14.4 Å². The highest BCUT2D eigenvalue weighted by molar-refractivity contribution is 6.04. The Morgan fingerprint density at radius 3 is 2.22 bits per heavy atom. The van der Waals surface area contributed by atoms with Crippen LogP contribution < -0.4 is 10.6 Å². The fourth-order valence-corrected chi connectivity index (χ4v) is 2.36. The quantitative estimate of drug-likeness (QED) is 0.729. The number of carboxylic acid groups (broad SMARTS) is 1. The van der Waals surface area contributed by atoms with Crippen molar-refractivity contribution in [3.8, 4) is 0 Å². The first kappa shape index (κ1) is 20.2. The zero-order chi connectivity index (χ0) is 20.0. The lowest BCUT2D eigenvalue weighted by atomic mass is 9.95. The smallest absolute Gasteiger partial charge is 0.307 e. The lowest BCUT2D eigenvalue weighted by Crippen LogP contribution is -2.34.